The first-order chi connectivity index (χ1) is 9.70. The van der Waals surface area contributed by atoms with Crippen LogP contribution < -0.4 is 16.4 Å². The van der Waals surface area contributed by atoms with Crippen molar-refractivity contribution in [1.82, 2.24) is 4.98 Å². The Kier molecular flexibility index (Phi) is 4.40. The largest absolute Gasteiger partial charge is 0.397 e. The first-order valence-electron chi connectivity index (χ1n) is 6.36. The second-order valence-corrected chi connectivity index (χ2v) is 4.50. The minimum absolute atomic E-state index is 0.449. The number of rotatable bonds is 5. The smallest absolute Gasteiger partial charge is 0.0640 e. The number of nitriles is 1. The van der Waals surface area contributed by atoms with E-state index in [4.69, 9.17) is 16.7 Å². The zero-order valence-electron chi connectivity index (χ0n) is 11.2. The van der Waals surface area contributed by atoms with Gasteiger partial charge in [0, 0.05) is 31.2 Å². The summed E-state index contributed by atoms with van der Waals surface area (Å²) in [6.07, 6.45) is 4.01. The molecule has 0 atom stereocenters. The van der Waals surface area contributed by atoms with Gasteiger partial charge >= 0.3 is 0 Å². The normalized spacial score (nSPS) is 9.95. The SMILES string of the molecule is N#CCCN(Cc1cccnc1)c1ccc(N)c(N)c1. The summed E-state index contributed by atoms with van der Waals surface area (Å²) in [5.74, 6) is 0. The molecule has 0 aliphatic heterocycles. The lowest BCUT2D eigenvalue weighted by Crippen LogP contribution is -2.24. The van der Waals surface area contributed by atoms with Gasteiger partial charge in [-0.1, -0.05) is 6.07 Å². The Labute approximate surface area is 118 Å². The van der Waals surface area contributed by atoms with Crippen molar-refractivity contribution in [2.75, 3.05) is 22.9 Å². The van der Waals surface area contributed by atoms with Crippen LogP contribution in [0.1, 0.15) is 12.0 Å². The molecule has 0 unspecified atom stereocenters. The van der Waals surface area contributed by atoms with Gasteiger partial charge in [0.25, 0.3) is 0 Å². The first-order valence-corrected chi connectivity index (χ1v) is 6.36. The number of nitrogens with two attached hydrogens (primary N) is 2. The van der Waals surface area contributed by atoms with E-state index in [1.165, 1.54) is 0 Å². The lowest BCUT2D eigenvalue weighted by molar-refractivity contribution is 0.795. The van der Waals surface area contributed by atoms with Crippen molar-refractivity contribution < 1.29 is 0 Å². The predicted molar refractivity (Wildman–Crippen MR) is 80.8 cm³/mol. The maximum atomic E-state index is 8.79. The molecule has 0 saturated carbocycles. The van der Waals surface area contributed by atoms with Crippen LogP contribution in [0.3, 0.4) is 0 Å². The molecule has 0 spiro atoms. The van der Waals surface area contributed by atoms with Gasteiger partial charge in [-0.3, -0.25) is 4.98 Å². The Morgan fingerprint density at radius 1 is 1.20 bits per heavy atom. The lowest BCUT2D eigenvalue weighted by atomic mass is 10.2. The summed E-state index contributed by atoms with van der Waals surface area (Å²) in [6, 6.07) is 11.6. The lowest BCUT2D eigenvalue weighted by Gasteiger charge is -2.24. The maximum absolute atomic E-state index is 8.79. The summed E-state index contributed by atoms with van der Waals surface area (Å²) in [7, 11) is 0. The number of nitrogens with zero attached hydrogens (tertiary/aromatic N) is 3. The average Bonchev–Trinajstić information content (AvgIpc) is 2.47. The number of hydrogen-bond donors (Lipinski definition) is 2. The van der Waals surface area contributed by atoms with Crippen LogP contribution in [0.2, 0.25) is 0 Å². The minimum atomic E-state index is 0.449. The van der Waals surface area contributed by atoms with Crippen LogP contribution in [-0.4, -0.2) is 11.5 Å². The number of pyridine rings is 1. The van der Waals surface area contributed by atoms with Crippen molar-refractivity contribution in [3.8, 4) is 6.07 Å². The van der Waals surface area contributed by atoms with Crippen molar-refractivity contribution >= 4 is 17.1 Å². The minimum Gasteiger partial charge on any atom is -0.397 e. The fourth-order valence-electron chi connectivity index (χ4n) is 1.96. The molecule has 2 rings (SSSR count). The van der Waals surface area contributed by atoms with Gasteiger partial charge in [0.15, 0.2) is 0 Å². The van der Waals surface area contributed by atoms with Gasteiger partial charge in [-0.05, 0) is 29.8 Å². The third-order valence-electron chi connectivity index (χ3n) is 3.03. The van der Waals surface area contributed by atoms with E-state index in [1.54, 1.807) is 12.3 Å². The van der Waals surface area contributed by atoms with E-state index in [-0.39, 0.29) is 0 Å². The molecule has 102 valence electrons. The summed E-state index contributed by atoms with van der Waals surface area (Å²) in [5, 5.41) is 8.79. The number of anilines is 3. The van der Waals surface area contributed by atoms with Crippen molar-refractivity contribution in [2.45, 2.75) is 13.0 Å². The van der Waals surface area contributed by atoms with Gasteiger partial charge in [0.2, 0.25) is 0 Å². The van der Waals surface area contributed by atoms with Gasteiger partial charge in [0.1, 0.15) is 0 Å². The summed E-state index contributed by atoms with van der Waals surface area (Å²) >= 11 is 0. The Hall–Kier alpha value is -2.74. The average molecular weight is 267 g/mol. The summed E-state index contributed by atoms with van der Waals surface area (Å²) < 4.78 is 0. The molecule has 0 saturated heterocycles. The van der Waals surface area contributed by atoms with Gasteiger partial charge in [0.05, 0.1) is 23.9 Å². The van der Waals surface area contributed by atoms with Crippen LogP contribution >= 0.6 is 0 Å². The summed E-state index contributed by atoms with van der Waals surface area (Å²) in [5.41, 5.74) is 14.7. The quantitative estimate of drug-likeness (QED) is 0.810. The molecule has 5 nitrogen and oxygen atoms in total. The van der Waals surface area contributed by atoms with Crippen LogP contribution in [0.25, 0.3) is 0 Å². The van der Waals surface area contributed by atoms with E-state index in [0.29, 0.717) is 30.9 Å². The molecule has 4 N–H and O–H groups in total. The van der Waals surface area contributed by atoms with Gasteiger partial charge in [-0.2, -0.15) is 5.26 Å². The van der Waals surface area contributed by atoms with E-state index in [0.717, 1.165) is 11.3 Å². The fourth-order valence-corrected chi connectivity index (χ4v) is 1.96. The number of aromatic nitrogens is 1. The molecule has 0 aliphatic carbocycles. The van der Waals surface area contributed by atoms with Gasteiger partial charge in [-0.15, -0.1) is 0 Å². The van der Waals surface area contributed by atoms with Crippen LogP contribution in [0.5, 0.6) is 0 Å². The van der Waals surface area contributed by atoms with Gasteiger partial charge < -0.3 is 16.4 Å². The Bertz CT molecular complexity index is 603. The highest BCUT2D eigenvalue weighted by atomic mass is 15.1. The molecule has 1 aromatic heterocycles. The predicted octanol–water partition coefficient (Wildman–Crippen LogP) is 2.17. The van der Waals surface area contributed by atoms with Crippen molar-refractivity contribution in [2.24, 2.45) is 0 Å². The molecule has 0 radical (unpaired) electrons. The highest BCUT2D eigenvalue weighted by molar-refractivity contribution is 5.69. The Morgan fingerprint density at radius 3 is 2.70 bits per heavy atom. The standard InChI is InChI=1S/C15H17N5/c16-6-2-8-20(11-12-3-1-7-19-10-12)13-4-5-14(17)15(18)9-13/h1,3-5,7,9-10H,2,8,11,17-18H2. The topological polar surface area (TPSA) is 92.0 Å². The Balaban J connectivity index is 2.22. The van der Waals surface area contributed by atoms with E-state index in [2.05, 4.69) is 16.0 Å². The zero-order chi connectivity index (χ0) is 14.4. The molecule has 0 fully saturated rings. The highest BCUT2D eigenvalue weighted by Gasteiger charge is 2.09. The van der Waals surface area contributed by atoms with Crippen LogP contribution in [0.15, 0.2) is 42.7 Å². The number of benzene rings is 1. The third kappa shape index (κ3) is 3.39. The van der Waals surface area contributed by atoms with E-state index >= 15 is 0 Å². The third-order valence-corrected chi connectivity index (χ3v) is 3.03. The molecule has 1 heterocycles. The maximum Gasteiger partial charge on any atom is 0.0640 e. The monoisotopic (exact) mass is 267 g/mol. The molecular formula is C15H17N5. The van der Waals surface area contributed by atoms with E-state index < -0.39 is 0 Å². The van der Waals surface area contributed by atoms with Crippen molar-refractivity contribution in [3.05, 3.63) is 48.3 Å². The fraction of sp³-hybridized carbons (Fsp3) is 0.200. The molecular weight excluding hydrogens is 250 g/mol. The van der Waals surface area contributed by atoms with Crippen molar-refractivity contribution in [3.63, 3.8) is 0 Å². The molecule has 0 amide bonds. The first kappa shape index (κ1) is 13.7. The molecule has 0 bridgehead atoms. The number of hydrogen-bond acceptors (Lipinski definition) is 5. The zero-order valence-corrected chi connectivity index (χ0v) is 11.2. The van der Waals surface area contributed by atoms with E-state index in [1.807, 2.05) is 30.5 Å². The molecule has 20 heavy (non-hydrogen) atoms. The van der Waals surface area contributed by atoms with Gasteiger partial charge in [-0.25, -0.2) is 0 Å². The molecule has 5 heteroatoms. The molecule has 1 aromatic carbocycles. The van der Waals surface area contributed by atoms with E-state index in [9.17, 15) is 0 Å². The molecule has 2 aromatic rings. The summed E-state index contributed by atoms with van der Waals surface area (Å²) in [6.45, 7) is 1.31. The van der Waals surface area contributed by atoms with Crippen LogP contribution in [-0.2, 0) is 6.54 Å². The van der Waals surface area contributed by atoms with Crippen LogP contribution in [0, 0.1) is 11.3 Å². The Morgan fingerprint density at radius 2 is 2.05 bits per heavy atom. The highest BCUT2D eigenvalue weighted by Crippen LogP contribution is 2.24. The second kappa shape index (κ2) is 6.43. The summed E-state index contributed by atoms with van der Waals surface area (Å²) in [4.78, 5) is 6.20. The van der Waals surface area contributed by atoms with Crippen molar-refractivity contribution in [1.29, 1.82) is 5.26 Å². The van der Waals surface area contributed by atoms with Crippen LogP contribution in [0.4, 0.5) is 17.1 Å². The molecule has 0 aliphatic rings. The second-order valence-electron chi connectivity index (χ2n) is 4.50. The number of nitrogen functional groups attached to an aromatic ring is 2.